The summed E-state index contributed by atoms with van der Waals surface area (Å²) in [6.07, 6.45) is 2.01. The van der Waals surface area contributed by atoms with Crippen LogP contribution in [0.25, 0.3) is 0 Å². The highest BCUT2D eigenvalue weighted by Gasteiger charge is 2.49. The van der Waals surface area contributed by atoms with Gasteiger partial charge in [0.25, 0.3) is 5.91 Å². The van der Waals surface area contributed by atoms with Crippen LogP contribution in [0.15, 0.2) is 42.5 Å². The monoisotopic (exact) mass is 463 g/mol. The van der Waals surface area contributed by atoms with Crippen LogP contribution in [0.5, 0.6) is 11.5 Å². The molecular formula is C25H25N3O6. The standard InChI is InChI=1S/C25H25N3O6/c1-25(17-8-9-20-21(14-17)34-12-4-11-33-20)23(31)28(24(32)26-25)15-19(29)16-5-2-6-18(13-16)27-10-3-7-22(27)30/h2,5-6,8-9,13-14H,3-4,7,10-12,15H2,1H3,(H,26,32)/t25-/m1/s1. The van der Waals surface area contributed by atoms with Crippen LogP contribution in [0, 0.1) is 0 Å². The van der Waals surface area contributed by atoms with E-state index in [1.807, 2.05) is 0 Å². The highest BCUT2D eigenvalue weighted by Crippen LogP contribution is 2.36. The second-order valence-corrected chi connectivity index (χ2v) is 8.78. The number of carbonyl (C=O) groups is 4. The quantitative estimate of drug-likeness (QED) is 0.540. The number of rotatable bonds is 5. The third-order valence-electron chi connectivity index (χ3n) is 6.45. The lowest BCUT2D eigenvalue weighted by molar-refractivity contribution is -0.130. The van der Waals surface area contributed by atoms with Crippen molar-refractivity contribution < 1.29 is 28.7 Å². The van der Waals surface area contributed by atoms with Gasteiger partial charge in [-0.3, -0.25) is 19.3 Å². The number of carbonyl (C=O) groups excluding carboxylic acids is 4. The van der Waals surface area contributed by atoms with Gasteiger partial charge in [-0.25, -0.2) is 4.79 Å². The maximum atomic E-state index is 13.3. The minimum absolute atomic E-state index is 0.0181. The molecule has 176 valence electrons. The fourth-order valence-corrected chi connectivity index (χ4v) is 4.51. The first kappa shape index (κ1) is 21.9. The number of ketones is 1. The van der Waals surface area contributed by atoms with Crippen molar-refractivity contribution >= 4 is 29.3 Å². The molecule has 9 nitrogen and oxygen atoms in total. The van der Waals surface area contributed by atoms with Gasteiger partial charge in [-0.05, 0) is 43.2 Å². The van der Waals surface area contributed by atoms with Gasteiger partial charge in [-0.2, -0.15) is 0 Å². The lowest BCUT2D eigenvalue weighted by Gasteiger charge is -2.23. The highest BCUT2D eigenvalue weighted by atomic mass is 16.5. The average Bonchev–Trinajstić information content (AvgIpc) is 3.24. The lowest BCUT2D eigenvalue weighted by atomic mass is 9.91. The van der Waals surface area contributed by atoms with E-state index in [2.05, 4.69) is 5.32 Å². The van der Waals surface area contributed by atoms with Crippen molar-refractivity contribution in [1.29, 1.82) is 0 Å². The van der Waals surface area contributed by atoms with Crippen LogP contribution < -0.4 is 19.7 Å². The number of imide groups is 1. The number of Topliss-reactive ketones (excluding diaryl/α,β-unsaturated/α-hetero) is 1. The molecule has 9 heteroatoms. The predicted molar refractivity (Wildman–Crippen MR) is 122 cm³/mol. The summed E-state index contributed by atoms with van der Waals surface area (Å²) < 4.78 is 11.4. The van der Waals surface area contributed by atoms with Crippen molar-refractivity contribution in [2.75, 3.05) is 31.2 Å². The van der Waals surface area contributed by atoms with Crippen molar-refractivity contribution in [3.63, 3.8) is 0 Å². The Morgan fingerprint density at radius 2 is 1.82 bits per heavy atom. The van der Waals surface area contributed by atoms with Gasteiger partial charge in [0.1, 0.15) is 5.54 Å². The first-order chi connectivity index (χ1) is 16.4. The topological polar surface area (TPSA) is 105 Å². The van der Waals surface area contributed by atoms with E-state index in [4.69, 9.17) is 9.47 Å². The molecule has 2 aromatic rings. The molecule has 2 saturated heterocycles. The number of benzene rings is 2. The molecule has 34 heavy (non-hydrogen) atoms. The van der Waals surface area contributed by atoms with Crippen LogP contribution in [-0.2, 0) is 15.1 Å². The zero-order chi connectivity index (χ0) is 23.9. The zero-order valence-corrected chi connectivity index (χ0v) is 18.8. The van der Waals surface area contributed by atoms with E-state index in [-0.39, 0.29) is 11.7 Å². The number of amides is 4. The van der Waals surface area contributed by atoms with Gasteiger partial charge in [0.05, 0.1) is 19.8 Å². The SMILES string of the molecule is C[C@]1(c2ccc3c(c2)OCCCO3)NC(=O)N(CC(=O)c2cccc(N3CCCC3=O)c2)C1=O. The fourth-order valence-electron chi connectivity index (χ4n) is 4.51. The molecule has 3 heterocycles. The molecule has 0 aliphatic carbocycles. The number of fused-ring (bicyclic) bond motifs is 1. The van der Waals surface area contributed by atoms with Crippen molar-refractivity contribution in [3.05, 3.63) is 53.6 Å². The summed E-state index contributed by atoms with van der Waals surface area (Å²) >= 11 is 0. The Balaban J connectivity index is 1.35. The summed E-state index contributed by atoms with van der Waals surface area (Å²) in [7, 11) is 0. The number of ether oxygens (including phenoxy) is 2. The lowest BCUT2D eigenvalue weighted by Crippen LogP contribution is -2.41. The molecule has 3 aliphatic heterocycles. The van der Waals surface area contributed by atoms with Gasteiger partial charge in [-0.1, -0.05) is 18.2 Å². The van der Waals surface area contributed by atoms with Gasteiger partial charge in [0, 0.05) is 30.6 Å². The Morgan fingerprint density at radius 3 is 2.59 bits per heavy atom. The number of urea groups is 1. The summed E-state index contributed by atoms with van der Waals surface area (Å²) in [6.45, 7) is 2.86. The molecule has 0 saturated carbocycles. The number of hydrogen-bond acceptors (Lipinski definition) is 6. The van der Waals surface area contributed by atoms with E-state index in [0.717, 1.165) is 17.7 Å². The van der Waals surface area contributed by atoms with Crippen molar-refractivity contribution in [2.24, 2.45) is 0 Å². The van der Waals surface area contributed by atoms with E-state index in [1.54, 1.807) is 54.3 Å². The Morgan fingerprint density at radius 1 is 1.03 bits per heavy atom. The van der Waals surface area contributed by atoms with E-state index in [1.165, 1.54) is 0 Å². The van der Waals surface area contributed by atoms with Crippen LogP contribution in [0.2, 0.25) is 0 Å². The third-order valence-corrected chi connectivity index (χ3v) is 6.45. The molecule has 0 aromatic heterocycles. The van der Waals surface area contributed by atoms with Gasteiger partial charge < -0.3 is 19.7 Å². The molecule has 1 atom stereocenters. The van der Waals surface area contributed by atoms with Crippen molar-refractivity contribution in [1.82, 2.24) is 10.2 Å². The summed E-state index contributed by atoms with van der Waals surface area (Å²) in [5, 5.41) is 2.72. The van der Waals surface area contributed by atoms with Crippen molar-refractivity contribution in [3.8, 4) is 11.5 Å². The normalized spacial score (nSPS) is 22.1. The van der Waals surface area contributed by atoms with Crippen LogP contribution >= 0.6 is 0 Å². The summed E-state index contributed by atoms with van der Waals surface area (Å²) in [4.78, 5) is 53.7. The minimum Gasteiger partial charge on any atom is -0.490 e. The van der Waals surface area contributed by atoms with Gasteiger partial charge in [-0.15, -0.1) is 0 Å². The first-order valence-corrected chi connectivity index (χ1v) is 11.3. The molecule has 1 N–H and O–H groups in total. The molecule has 0 unspecified atom stereocenters. The van der Waals surface area contributed by atoms with E-state index in [0.29, 0.717) is 54.5 Å². The first-order valence-electron chi connectivity index (χ1n) is 11.3. The Bertz CT molecular complexity index is 1190. The highest BCUT2D eigenvalue weighted by molar-refractivity contribution is 6.11. The average molecular weight is 463 g/mol. The number of anilines is 1. The second-order valence-electron chi connectivity index (χ2n) is 8.78. The maximum Gasteiger partial charge on any atom is 0.325 e. The minimum atomic E-state index is -1.34. The predicted octanol–water partition coefficient (Wildman–Crippen LogP) is 2.62. The van der Waals surface area contributed by atoms with Crippen LogP contribution in [0.4, 0.5) is 10.5 Å². The fraction of sp³-hybridized carbons (Fsp3) is 0.360. The summed E-state index contributed by atoms with van der Waals surface area (Å²) in [5.41, 5.74) is 0.176. The zero-order valence-electron chi connectivity index (χ0n) is 18.8. The number of hydrogen-bond donors (Lipinski definition) is 1. The van der Waals surface area contributed by atoms with Gasteiger partial charge >= 0.3 is 6.03 Å². The summed E-state index contributed by atoms with van der Waals surface area (Å²) in [6, 6.07) is 11.2. The second kappa shape index (κ2) is 8.48. The van der Waals surface area contributed by atoms with Crippen LogP contribution in [0.1, 0.15) is 42.1 Å². The van der Waals surface area contributed by atoms with Gasteiger partial charge in [0.15, 0.2) is 17.3 Å². The van der Waals surface area contributed by atoms with Gasteiger partial charge in [0.2, 0.25) is 5.91 Å². The largest absolute Gasteiger partial charge is 0.490 e. The molecule has 5 rings (SSSR count). The molecule has 0 spiro atoms. The molecule has 0 radical (unpaired) electrons. The Labute approximate surface area is 196 Å². The molecular weight excluding hydrogens is 438 g/mol. The van der Waals surface area contributed by atoms with Crippen LogP contribution in [0.3, 0.4) is 0 Å². The van der Waals surface area contributed by atoms with E-state index in [9.17, 15) is 19.2 Å². The molecule has 2 aromatic carbocycles. The van der Waals surface area contributed by atoms with Crippen LogP contribution in [-0.4, -0.2) is 54.8 Å². The van der Waals surface area contributed by atoms with E-state index < -0.39 is 24.0 Å². The molecule has 3 aliphatic rings. The molecule has 4 amide bonds. The third kappa shape index (κ3) is 3.76. The summed E-state index contributed by atoms with van der Waals surface area (Å²) in [5.74, 6) is 0.210. The number of nitrogens with one attached hydrogen (secondary N) is 1. The van der Waals surface area contributed by atoms with E-state index >= 15 is 0 Å². The maximum absolute atomic E-state index is 13.3. The smallest absolute Gasteiger partial charge is 0.325 e. The molecule has 0 bridgehead atoms. The Kier molecular flexibility index (Phi) is 5.47. The Hall–Kier alpha value is -3.88. The number of nitrogens with zero attached hydrogens (tertiary/aromatic N) is 2. The van der Waals surface area contributed by atoms with Crippen molar-refractivity contribution in [2.45, 2.75) is 31.7 Å². The molecule has 2 fully saturated rings.